The van der Waals surface area contributed by atoms with Crippen LogP contribution in [0.4, 0.5) is 5.69 Å². The molecule has 1 heterocycles. The van der Waals surface area contributed by atoms with E-state index in [1.165, 1.54) is 0 Å². The van der Waals surface area contributed by atoms with E-state index in [9.17, 15) is 4.79 Å². The van der Waals surface area contributed by atoms with Crippen LogP contribution in [0.2, 0.25) is 5.02 Å². The Balaban J connectivity index is 1.64. The number of fused-ring (bicyclic) bond motifs is 1. The Kier molecular flexibility index (Phi) is 4.19. The molecule has 0 unspecified atom stereocenters. The Labute approximate surface area is 155 Å². The first-order valence-electron chi connectivity index (χ1n) is 8.14. The minimum atomic E-state index is -0.164. The molecule has 4 rings (SSSR count). The van der Waals surface area contributed by atoms with Crippen molar-refractivity contribution in [3.63, 3.8) is 0 Å². The highest BCUT2D eigenvalue weighted by Crippen LogP contribution is 2.30. The summed E-state index contributed by atoms with van der Waals surface area (Å²) in [4.78, 5) is 16.9. The Morgan fingerprint density at radius 3 is 2.69 bits per heavy atom. The van der Waals surface area contributed by atoms with Gasteiger partial charge in [0.1, 0.15) is 5.52 Å². The highest BCUT2D eigenvalue weighted by atomic mass is 35.5. The molecule has 1 amide bonds. The normalized spacial score (nSPS) is 10.8. The van der Waals surface area contributed by atoms with Crippen molar-refractivity contribution < 1.29 is 9.21 Å². The van der Waals surface area contributed by atoms with Gasteiger partial charge in [-0.15, -0.1) is 0 Å². The predicted molar refractivity (Wildman–Crippen MR) is 104 cm³/mol. The van der Waals surface area contributed by atoms with Gasteiger partial charge in [-0.05, 0) is 49.4 Å². The molecule has 26 heavy (non-hydrogen) atoms. The van der Waals surface area contributed by atoms with Crippen molar-refractivity contribution in [2.45, 2.75) is 6.92 Å². The molecule has 128 valence electrons. The summed E-state index contributed by atoms with van der Waals surface area (Å²) in [5, 5.41) is 3.47. The predicted octanol–water partition coefficient (Wildman–Crippen LogP) is 5.71. The lowest BCUT2D eigenvalue weighted by Gasteiger charge is -2.05. The number of hydrogen-bond acceptors (Lipinski definition) is 3. The summed E-state index contributed by atoms with van der Waals surface area (Å²) >= 11 is 6.21. The molecule has 0 radical (unpaired) electrons. The summed E-state index contributed by atoms with van der Waals surface area (Å²) in [5.41, 5.74) is 4.32. The van der Waals surface area contributed by atoms with Gasteiger partial charge in [0.15, 0.2) is 5.58 Å². The molecular formula is C21H15ClN2O2. The second kappa shape index (κ2) is 6.65. The number of oxazole rings is 1. The number of carbonyl (C=O) groups is 1. The SMILES string of the molecule is Cc1cccc(C(=O)Nc2ccc3oc(-c4ccccc4Cl)nc3c2)c1. The molecule has 4 nitrogen and oxygen atoms in total. The molecule has 5 heteroatoms. The third-order valence-electron chi connectivity index (χ3n) is 4.03. The molecule has 1 aromatic heterocycles. The van der Waals surface area contributed by atoms with Gasteiger partial charge < -0.3 is 9.73 Å². The van der Waals surface area contributed by atoms with Crippen molar-refractivity contribution in [1.82, 2.24) is 4.98 Å². The number of halogens is 1. The van der Waals surface area contributed by atoms with Gasteiger partial charge >= 0.3 is 0 Å². The molecule has 0 saturated carbocycles. The second-order valence-electron chi connectivity index (χ2n) is 6.00. The fraction of sp³-hybridized carbons (Fsp3) is 0.0476. The zero-order chi connectivity index (χ0) is 18.1. The average Bonchev–Trinajstić information content (AvgIpc) is 3.05. The van der Waals surface area contributed by atoms with Crippen LogP contribution in [0.1, 0.15) is 15.9 Å². The lowest BCUT2D eigenvalue weighted by molar-refractivity contribution is 0.102. The van der Waals surface area contributed by atoms with Crippen LogP contribution < -0.4 is 5.32 Å². The standard InChI is InChI=1S/C21H15ClN2O2/c1-13-5-4-6-14(11-13)20(25)23-15-9-10-19-18(12-15)24-21(26-19)16-7-2-3-8-17(16)22/h2-12H,1H3,(H,23,25). The van der Waals surface area contributed by atoms with Crippen LogP contribution in [0.15, 0.2) is 71.1 Å². The zero-order valence-corrected chi connectivity index (χ0v) is 14.7. The van der Waals surface area contributed by atoms with Gasteiger partial charge in [0, 0.05) is 11.3 Å². The summed E-state index contributed by atoms with van der Waals surface area (Å²) < 4.78 is 5.79. The lowest BCUT2D eigenvalue weighted by atomic mass is 10.1. The quantitative estimate of drug-likeness (QED) is 0.508. The van der Waals surface area contributed by atoms with Crippen molar-refractivity contribution in [2.75, 3.05) is 5.32 Å². The topological polar surface area (TPSA) is 55.1 Å². The van der Waals surface area contributed by atoms with Crippen molar-refractivity contribution in [2.24, 2.45) is 0 Å². The van der Waals surface area contributed by atoms with Gasteiger partial charge in [-0.2, -0.15) is 0 Å². The number of benzene rings is 3. The van der Waals surface area contributed by atoms with E-state index in [0.717, 1.165) is 11.1 Å². The van der Waals surface area contributed by atoms with Crippen LogP contribution in [0.3, 0.4) is 0 Å². The molecular weight excluding hydrogens is 348 g/mol. The fourth-order valence-corrected chi connectivity index (χ4v) is 2.96. The Morgan fingerprint density at radius 1 is 1.04 bits per heavy atom. The van der Waals surface area contributed by atoms with Crippen LogP contribution in [0.25, 0.3) is 22.6 Å². The number of aromatic nitrogens is 1. The summed E-state index contributed by atoms with van der Waals surface area (Å²) in [6, 6.07) is 20.2. The van der Waals surface area contributed by atoms with E-state index in [-0.39, 0.29) is 5.91 Å². The Hall–Kier alpha value is -3.11. The van der Waals surface area contributed by atoms with E-state index in [4.69, 9.17) is 16.0 Å². The van der Waals surface area contributed by atoms with Crippen LogP contribution in [0, 0.1) is 6.92 Å². The average molecular weight is 363 g/mol. The van der Waals surface area contributed by atoms with E-state index >= 15 is 0 Å². The van der Waals surface area contributed by atoms with E-state index in [1.807, 2.05) is 43.3 Å². The molecule has 0 atom stereocenters. The summed E-state index contributed by atoms with van der Waals surface area (Å²) in [6.45, 7) is 1.95. The Bertz CT molecular complexity index is 1120. The summed E-state index contributed by atoms with van der Waals surface area (Å²) in [5.74, 6) is 0.288. The monoisotopic (exact) mass is 362 g/mol. The first-order valence-corrected chi connectivity index (χ1v) is 8.51. The minimum absolute atomic E-state index is 0.164. The largest absolute Gasteiger partial charge is 0.436 e. The zero-order valence-electron chi connectivity index (χ0n) is 14.0. The smallest absolute Gasteiger partial charge is 0.255 e. The van der Waals surface area contributed by atoms with E-state index < -0.39 is 0 Å². The maximum atomic E-state index is 12.4. The van der Waals surface area contributed by atoms with Crippen molar-refractivity contribution >= 4 is 34.3 Å². The molecule has 4 aromatic rings. The second-order valence-corrected chi connectivity index (χ2v) is 6.41. The van der Waals surface area contributed by atoms with Gasteiger partial charge in [0.25, 0.3) is 5.91 Å². The maximum Gasteiger partial charge on any atom is 0.255 e. The number of rotatable bonds is 3. The van der Waals surface area contributed by atoms with Gasteiger partial charge in [-0.1, -0.05) is 41.4 Å². The summed E-state index contributed by atoms with van der Waals surface area (Å²) in [7, 11) is 0. The first kappa shape index (κ1) is 16.4. The highest BCUT2D eigenvalue weighted by Gasteiger charge is 2.12. The van der Waals surface area contributed by atoms with Crippen molar-refractivity contribution in [3.8, 4) is 11.5 Å². The molecule has 0 aliphatic rings. The number of aryl methyl sites for hydroxylation is 1. The highest BCUT2D eigenvalue weighted by molar-refractivity contribution is 6.33. The van der Waals surface area contributed by atoms with Crippen molar-refractivity contribution in [3.05, 3.63) is 82.9 Å². The Morgan fingerprint density at radius 2 is 1.88 bits per heavy atom. The number of anilines is 1. The number of nitrogens with zero attached hydrogens (tertiary/aromatic N) is 1. The molecule has 0 aliphatic heterocycles. The number of nitrogens with one attached hydrogen (secondary N) is 1. The van der Waals surface area contributed by atoms with E-state index in [2.05, 4.69) is 10.3 Å². The molecule has 0 saturated heterocycles. The number of hydrogen-bond donors (Lipinski definition) is 1. The number of amides is 1. The van der Waals surface area contributed by atoms with Crippen molar-refractivity contribution in [1.29, 1.82) is 0 Å². The van der Waals surface area contributed by atoms with Gasteiger partial charge in [-0.3, -0.25) is 4.79 Å². The minimum Gasteiger partial charge on any atom is -0.436 e. The third-order valence-corrected chi connectivity index (χ3v) is 4.36. The third kappa shape index (κ3) is 3.19. The molecule has 0 fully saturated rings. The molecule has 1 N–H and O–H groups in total. The van der Waals surface area contributed by atoms with E-state index in [1.54, 1.807) is 30.3 Å². The number of carbonyl (C=O) groups excluding carboxylic acids is 1. The van der Waals surface area contributed by atoms with Crippen LogP contribution >= 0.6 is 11.6 Å². The van der Waals surface area contributed by atoms with Crippen LogP contribution in [-0.4, -0.2) is 10.9 Å². The van der Waals surface area contributed by atoms with Gasteiger partial charge in [0.05, 0.1) is 10.6 Å². The molecule has 0 spiro atoms. The molecule has 0 bridgehead atoms. The molecule has 3 aromatic carbocycles. The summed E-state index contributed by atoms with van der Waals surface area (Å²) in [6.07, 6.45) is 0. The first-order chi connectivity index (χ1) is 12.6. The maximum absolute atomic E-state index is 12.4. The van der Waals surface area contributed by atoms with Gasteiger partial charge in [-0.25, -0.2) is 4.98 Å². The fourth-order valence-electron chi connectivity index (χ4n) is 2.74. The van der Waals surface area contributed by atoms with Gasteiger partial charge in [0.2, 0.25) is 5.89 Å². The van der Waals surface area contributed by atoms with Crippen LogP contribution in [-0.2, 0) is 0 Å². The molecule has 0 aliphatic carbocycles. The van der Waals surface area contributed by atoms with Crippen LogP contribution in [0.5, 0.6) is 0 Å². The lowest BCUT2D eigenvalue weighted by Crippen LogP contribution is -2.11. The van der Waals surface area contributed by atoms with E-state index in [0.29, 0.717) is 33.3 Å².